The van der Waals surface area contributed by atoms with Crippen LogP contribution in [0.15, 0.2) is 41.3 Å². The van der Waals surface area contributed by atoms with Crippen molar-refractivity contribution in [2.45, 2.75) is 17.9 Å². The molecule has 0 aromatic heterocycles. The Bertz CT molecular complexity index is 1130. The lowest BCUT2D eigenvalue weighted by Gasteiger charge is -2.21. The third-order valence-corrected chi connectivity index (χ3v) is 5.37. The Balaban J connectivity index is 1.86. The maximum absolute atomic E-state index is 12.6. The van der Waals surface area contributed by atoms with E-state index in [1.165, 1.54) is 0 Å². The maximum Gasteiger partial charge on any atom is 0.271 e. The lowest BCUT2D eigenvalue weighted by molar-refractivity contribution is -0.385. The van der Waals surface area contributed by atoms with E-state index >= 15 is 0 Å². The fraction of sp³-hybridized carbons (Fsp3) is 0.222. The Morgan fingerprint density at radius 3 is 2.66 bits per heavy atom. The number of ether oxygens (including phenoxy) is 1. The van der Waals surface area contributed by atoms with E-state index in [9.17, 15) is 28.1 Å². The molecule has 2 aromatic carbocycles. The van der Waals surface area contributed by atoms with Gasteiger partial charge in [-0.3, -0.25) is 19.7 Å². The van der Waals surface area contributed by atoms with Crippen LogP contribution >= 0.6 is 0 Å². The van der Waals surface area contributed by atoms with Crippen LogP contribution in [0.25, 0.3) is 0 Å². The summed E-state index contributed by atoms with van der Waals surface area (Å²) in [6.07, 6.45) is 0.903. The number of rotatable bonds is 5. The van der Waals surface area contributed by atoms with E-state index in [0.717, 1.165) is 24.5 Å². The number of anilines is 1. The van der Waals surface area contributed by atoms with Gasteiger partial charge in [0.1, 0.15) is 5.75 Å². The molecule has 1 heterocycles. The largest absolute Gasteiger partial charge is 0.482 e. The van der Waals surface area contributed by atoms with Crippen molar-refractivity contribution in [2.75, 3.05) is 18.2 Å². The van der Waals surface area contributed by atoms with E-state index in [0.29, 0.717) is 17.0 Å². The average Bonchev–Trinajstić information content (AvgIpc) is 2.66. The van der Waals surface area contributed by atoms with Crippen molar-refractivity contribution in [3.05, 3.63) is 57.6 Å². The zero-order chi connectivity index (χ0) is 21.3. The van der Waals surface area contributed by atoms with Crippen LogP contribution in [0.4, 0.5) is 11.4 Å². The number of nitrogens with zero attached hydrogens (tertiary/aromatic N) is 1. The smallest absolute Gasteiger partial charge is 0.271 e. The summed E-state index contributed by atoms with van der Waals surface area (Å²) in [5, 5.41) is 16.4. The monoisotopic (exact) mass is 419 g/mol. The highest BCUT2D eigenvalue weighted by Gasteiger charge is 2.22. The molecular formula is C18H17N3O7S. The number of carbonyl (C=O) groups excluding carboxylic acids is 2. The van der Waals surface area contributed by atoms with Crippen molar-refractivity contribution in [1.29, 1.82) is 0 Å². The number of amides is 2. The molecule has 2 N–H and O–H groups in total. The summed E-state index contributed by atoms with van der Waals surface area (Å²) in [5.41, 5.74) is 0.465. The fourth-order valence-corrected chi connectivity index (χ4v) is 3.44. The molecule has 11 heteroatoms. The van der Waals surface area contributed by atoms with E-state index < -0.39 is 32.4 Å². The van der Waals surface area contributed by atoms with Crippen LogP contribution in [0.1, 0.15) is 28.9 Å². The third kappa shape index (κ3) is 4.51. The molecule has 0 spiro atoms. The van der Waals surface area contributed by atoms with Crippen LogP contribution < -0.4 is 15.4 Å². The summed E-state index contributed by atoms with van der Waals surface area (Å²) in [7, 11) is -3.75. The second kappa shape index (κ2) is 7.51. The number of sulfone groups is 1. The highest BCUT2D eigenvalue weighted by molar-refractivity contribution is 7.90. The van der Waals surface area contributed by atoms with Crippen LogP contribution in [0.2, 0.25) is 0 Å². The van der Waals surface area contributed by atoms with Gasteiger partial charge in [-0.2, -0.15) is 0 Å². The molecule has 0 bridgehead atoms. The van der Waals surface area contributed by atoms with E-state index in [1.54, 1.807) is 25.1 Å². The van der Waals surface area contributed by atoms with E-state index in [-0.39, 0.29) is 23.0 Å². The molecule has 1 atom stereocenters. The minimum atomic E-state index is -3.75. The normalized spacial score (nSPS) is 14.2. The van der Waals surface area contributed by atoms with Gasteiger partial charge in [-0.15, -0.1) is 0 Å². The third-order valence-electron chi connectivity index (χ3n) is 4.28. The Morgan fingerprint density at radius 1 is 1.28 bits per heavy atom. The molecule has 1 unspecified atom stereocenters. The number of non-ortho nitro benzene ring substituents is 1. The number of nitro groups is 1. The number of carbonyl (C=O) groups is 2. The molecule has 29 heavy (non-hydrogen) atoms. The van der Waals surface area contributed by atoms with Crippen molar-refractivity contribution in [3.8, 4) is 5.75 Å². The number of nitrogens with one attached hydrogen (secondary N) is 2. The Morgan fingerprint density at radius 2 is 2.00 bits per heavy atom. The van der Waals surface area contributed by atoms with Gasteiger partial charge >= 0.3 is 0 Å². The molecule has 0 fully saturated rings. The second-order valence-corrected chi connectivity index (χ2v) is 8.55. The molecule has 1 aliphatic rings. The predicted molar refractivity (Wildman–Crippen MR) is 103 cm³/mol. The molecule has 2 aromatic rings. The van der Waals surface area contributed by atoms with E-state index in [2.05, 4.69) is 10.6 Å². The van der Waals surface area contributed by atoms with Gasteiger partial charge < -0.3 is 15.4 Å². The summed E-state index contributed by atoms with van der Waals surface area (Å²) in [6, 6.07) is 7.48. The topological polar surface area (TPSA) is 145 Å². The molecule has 2 amide bonds. The SMILES string of the molecule is CC(NC(=O)c1cc([N+](=O)[O-])cc(S(C)(=O)=O)c1)c1ccc2c(c1)NC(=O)CO2. The molecule has 152 valence electrons. The first-order valence-electron chi connectivity index (χ1n) is 8.41. The molecule has 0 saturated heterocycles. The molecule has 1 aliphatic heterocycles. The van der Waals surface area contributed by atoms with Gasteiger partial charge in [0, 0.05) is 24.0 Å². The Kier molecular flexibility index (Phi) is 5.25. The highest BCUT2D eigenvalue weighted by atomic mass is 32.2. The lowest BCUT2D eigenvalue weighted by atomic mass is 10.1. The van der Waals surface area contributed by atoms with Crippen molar-refractivity contribution in [1.82, 2.24) is 5.32 Å². The number of fused-ring (bicyclic) bond motifs is 1. The Hall–Kier alpha value is -3.47. The zero-order valence-corrected chi connectivity index (χ0v) is 16.3. The number of hydrogen-bond acceptors (Lipinski definition) is 7. The lowest BCUT2D eigenvalue weighted by Crippen LogP contribution is -2.28. The fourth-order valence-electron chi connectivity index (χ4n) is 2.77. The quantitative estimate of drug-likeness (QED) is 0.555. The van der Waals surface area contributed by atoms with Crippen molar-refractivity contribution in [3.63, 3.8) is 0 Å². The van der Waals surface area contributed by atoms with Gasteiger partial charge in [0.05, 0.1) is 21.5 Å². The van der Waals surface area contributed by atoms with Gasteiger partial charge in [0.2, 0.25) is 0 Å². The van der Waals surface area contributed by atoms with Crippen LogP contribution in [-0.2, 0) is 14.6 Å². The highest BCUT2D eigenvalue weighted by Crippen LogP contribution is 2.30. The minimum absolute atomic E-state index is 0.0753. The summed E-state index contributed by atoms with van der Waals surface area (Å²) in [4.78, 5) is 34.1. The summed E-state index contributed by atoms with van der Waals surface area (Å²) < 4.78 is 28.9. The van der Waals surface area contributed by atoms with Crippen molar-refractivity contribution in [2.24, 2.45) is 0 Å². The molecule has 0 aliphatic carbocycles. The number of benzene rings is 2. The van der Waals surface area contributed by atoms with Crippen LogP contribution in [-0.4, -0.2) is 38.0 Å². The Labute approximate surface area is 165 Å². The first kappa shape index (κ1) is 20.3. The van der Waals surface area contributed by atoms with Crippen LogP contribution in [0.3, 0.4) is 0 Å². The standard InChI is InChI=1S/C18H17N3O7S/c1-10(11-3-4-16-15(7-11)20-17(22)9-28-16)19-18(23)12-5-13(21(24)25)8-14(6-12)29(2,26)27/h3-8,10H,9H2,1-2H3,(H,19,23)(H,20,22). The van der Waals surface area contributed by atoms with Gasteiger partial charge in [-0.05, 0) is 30.7 Å². The first-order valence-corrected chi connectivity index (χ1v) is 10.3. The first-order chi connectivity index (χ1) is 13.5. The molecule has 3 rings (SSSR count). The molecule has 10 nitrogen and oxygen atoms in total. The van der Waals surface area contributed by atoms with Gasteiger partial charge in [-0.1, -0.05) is 6.07 Å². The summed E-state index contributed by atoms with van der Waals surface area (Å²) >= 11 is 0. The minimum Gasteiger partial charge on any atom is -0.482 e. The number of nitro benzene ring substituents is 1. The van der Waals surface area contributed by atoms with Crippen LogP contribution in [0, 0.1) is 10.1 Å². The molecule has 0 saturated carbocycles. The molecular weight excluding hydrogens is 402 g/mol. The van der Waals surface area contributed by atoms with Crippen LogP contribution in [0.5, 0.6) is 5.75 Å². The van der Waals surface area contributed by atoms with Gasteiger partial charge in [0.25, 0.3) is 17.5 Å². The summed E-state index contributed by atoms with van der Waals surface area (Å²) in [6.45, 7) is 1.61. The van der Waals surface area contributed by atoms with Gasteiger partial charge in [-0.25, -0.2) is 8.42 Å². The van der Waals surface area contributed by atoms with Crippen molar-refractivity contribution < 1.29 is 27.7 Å². The number of hydrogen-bond donors (Lipinski definition) is 2. The summed E-state index contributed by atoms with van der Waals surface area (Å²) in [5.74, 6) is -0.469. The van der Waals surface area contributed by atoms with E-state index in [4.69, 9.17) is 4.74 Å². The molecule has 0 radical (unpaired) electrons. The second-order valence-electron chi connectivity index (χ2n) is 6.53. The van der Waals surface area contributed by atoms with Gasteiger partial charge in [0.15, 0.2) is 16.4 Å². The predicted octanol–water partition coefficient (Wildman–Crippen LogP) is 1.82. The zero-order valence-electron chi connectivity index (χ0n) is 15.5. The van der Waals surface area contributed by atoms with E-state index in [1.807, 2.05) is 0 Å². The average molecular weight is 419 g/mol. The maximum atomic E-state index is 12.6. The van der Waals surface area contributed by atoms with Crippen molar-refractivity contribution >= 4 is 33.0 Å².